The van der Waals surface area contributed by atoms with E-state index in [1.54, 1.807) is 31.7 Å². The smallest absolute Gasteiger partial charge is 0.257 e. The molecule has 0 bridgehead atoms. The second kappa shape index (κ2) is 11.6. The molecule has 0 aliphatic heterocycles. The van der Waals surface area contributed by atoms with Gasteiger partial charge < -0.3 is 15.2 Å². The van der Waals surface area contributed by atoms with Crippen LogP contribution in [0.25, 0.3) is 0 Å². The van der Waals surface area contributed by atoms with Crippen molar-refractivity contribution in [3.8, 4) is 0 Å². The summed E-state index contributed by atoms with van der Waals surface area (Å²) < 4.78 is 1.85. The van der Waals surface area contributed by atoms with Gasteiger partial charge in [-0.1, -0.05) is 49.6 Å². The van der Waals surface area contributed by atoms with Crippen molar-refractivity contribution in [2.45, 2.75) is 51.6 Å². The second-order valence-electron chi connectivity index (χ2n) is 9.07. The zero-order chi connectivity index (χ0) is 24.6. The third-order valence-corrected chi connectivity index (χ3v) is 6.55. The molecule has 0 saturated heterocycles. The molecule has 0 spiro atoms. The lowest BCUT2D eigenvalue weighted by Gasteiger charge is -2.24. The van der Waals surface area contributed by atoms with E-state index in [0.29, 0.717) is 19.0 Å². The van der Waals surface area contributed by atoms with Crippen LogP contribution in [0.3, 0.4) is 0 Å². The van der Waals surface area contributed by atoms with E-state index in [9.17, 15) is 14.4 Å². The first-order valence-electron chi connectivity index (χ1n) is 12.3. The lowest BCUT2D eigenvalue weighted by atomic mass is 9.89. The molecule has 35 heavy (non-hydrogen) atoms. The van der Waals surface area contributed by atoms with E-state index in [1.807, 2.05) is 47.0 Å². The molecule has 2 aromatic heterocycles. The Morgan fingerprint density at radius 2 is 1.57 bits per heavy atom. The highest BCUT2D eigenvalue weighted by atomic mass is 16.2. The number of benzene rings is 1. The summed E-state index contributed by atoms with van der Waals surface area (Å²) in [6.07, 6.45) is 12.4. The average Bonchev–Trinajstić information content (AvgIpc) is 2.89. The normalized spacial score (nSPS) is 14.8. The van der Waals surface area contributed by atoms with Crippen molar-refractivity contribution in [3.63, 3.8) is 0 Å². The lowest BCUT2D eigenvalue weighted by Crippen LogP contribution is -2.37. The van der Waals surface area contributed by atoms with E-state index in [4.69, 9.17) is 0 Å². The van der Waals surface area contributed by atoms with Gasteiger partial charge in [-0.05, 0) is 48.9 Å². The SMILES string of the molecule is CCNC(=O)c1cn(CC2CCCCC2)cc(C(=O)NC(c2ccccc2)c2ccncc2)c1=O. The number of carbonyl (C=O) groups is 2. The van der Waals surface area contributed by atoms with Crippen molar-refractivity contribution in [1.82, 2.24) is 20.2 Å². The van der Waals surface area contributed by atoms with Crippen LogP contribution in [0.1, 0.15) is 76.9 Å². The Morgan fingerprint density at radius 1 is 0.943 bits per heavy atom. The van der Waals surface area contributed by atoms with Gasteiger partial charge in [-0.15, -0.1) is 0 Å². The minimum Gasteiger partial charge on any atom is -0.352 e. The Balaban J connectivity index is 1.69. The molecule has 7 nitrogen and oxygen atoms in total. The van der Waals surface area contributed by atoms with Crippen LogP contribution in [0.2, 0.25) is 0 Å². The molecule has 182 valence electrons. The van der Waals surface area contributed by atoms with Crippen molar-refractivity contribution >= 4 is 11.8 Å². The number of carbonyl (C=O) groups excluding carboxylic acids is 2. The minimum absolute atomic E-state index is 0.00418. The summed E-state index contributed by atoms with van der Waals surface area (Å²) in [4.78, 5) is 43.6. The first kappa shape index (κ1) is 24.4. The van der Waals surface area contributed by atoms with Crippen LogP contribution < -0.4 is 16.1 Å². The fourth-order valence-corrected chi connectivity index (χ4v) is 4.75. The second-order valence-corrected chi connectivity index (χ2v) is 9.07. The van der Waals surface area contributed by atoms with Crippen LogP contribution >= 0.6 is 0 Å². The maximum Gasteiger partial charge on any atom is 0.257 e. The van der Waals surface area contributed by atoms with Crippen molar-refractivity contribution in [2.24, 2.45) is 5.92 Å². The minimum atomic E-state index is -0.560. The maximum atomic E-state index is 13.5. The van der Waals surface area contributed by atoms with E-state index < -0.39 is 23.3 Å². The van der Waals surface area contributed by atoms with Crippen molar-refractivity contribution in [2.75, 3.05) is 6.54 Å². The first-order valence-corrected chi connectivity index (χ1v) is 12.3. The van der Waals surface area contributed by atoms with Crippen LogP contribution in [0.4, 0.5) is 0 Å². The molecule has 1 atom stereocenters. The van der Waals surface area contributed by atoms with Crippen LogP contribution in [-0.2, 0) is 6.54 Å². The van der Waals surface area contributed by atoms with Gasteiger partial charge in [0.25, 0.3) is 11.8 Å². The molecule has 1 fully saturated rings. The molecule has 1 aliphatic carbocycles. The highest BCUT2D eigenvalue weighted by molar-refractivity contribution is 5.99. The summed E-state index contributed by atoms with van der Waals surface area (Å²) in [5.74, 6) is -0.499. The van der Waals surface area contributed by atoms with E-state index in [2.05, 4.69) is 15.6 Å². The third-order valence-electron chi connectivity index (χ3n) is 6.55. The molecule has 1 aliphatic rings. The molecule has 7 heteroatoms. The summed E-state index contributed by atoms with van der Waals surface area (Å²) in [5.41, 5.74) is 1.14. The van der Waals surface area contributed by atoms with E-state index in [-0.39, 0.29) is 11.1 Å². The summed E-state index contributed by atoms with van der Waals surface area (Å²) in [6, 6.07) is 12.8. The maximum absolute atomic E-state index is 13.5. The molecule has 2 heterocycles. The van der Waals surface area contributed by atoms with Gasteiger partial charge in [0.1, 0.15) is 11.1 Å². The number of amides is 2. The fraction of sp³-hybridized carbons (Fsp3) is 0.357. The largest absolute Gasteiger partial charge is 0.352 e. The number of pyridine rings is 2. The van der Waals surface area contributed by atoms with E-state index in [1.165, 1.54) is 19.3 Å². The Bertz CT molecular complexity index is 1160. The fourth-order valence-electron chi connectivity index (χ4n) is 4.75. The van der Waals surface area contributed by atoms with E-state index >= 15 is 0 Å². The van der Waals surface area contributed by atoms with Gasteiger partial charge in [0.2, 0.25) is 5.43 Å². The van der Waals surface area contributed by atoms with Gasteiger partial charge in [0.05, 0.1) is 6.04 Å². The predicted molar refractivity (Wildman–Crippen MR) is 135 cm³/mol. The molecule has 1 saturated carbocycles. The van der Waals surface area contributed by atoms with Gasteiger partial charge in [0.15, 0.2) is 0 Å². The van der Waals surface area contributed by atoms with Crippen molar-refractivity contribution in [1.29, 1.82) is 0 Å². The van der Waals surface area contributed by atoms with Gasteiger partial charge in [0, 0.05) is 37.9 Å². The molecule has 4 rings (SSSR count). The highest BCUT2D eigenvalue weighted by Gasteiger charge is 2.24. The summed E-state index contributed by atoms with van der Waals surface area (Å²) >= 11 is 0. The Kier molecular flexibility index (Phi) is 8.08. The zero-order valence-corrected chi connectivity index (χ0v) is 20.1. The number of hydrogen-bond acceptors (Lipinski definition) is 4. The lowest BCUT2D eigenvalue weighted by molar-refractivity contribution is 0.0940. The predicted octanol–water partition coefficient (Wildman–Crippen LogP) is 4.09. The van der Waals surface area contributed by atoms with Crippen LogP contribution in [0.5, 0.6) is 0 Å². The molecular weight excluding hydrogens is 440 g/mol. The van der Waals surface area contributed by atoms with Crippen molar-refractivity contribution in [3.05, 3.63) is 99.7 Å². The number of rotatable bonds is 8. The van der Waals surface area contributed by atoms with Crippen LogP contribution in [-0.4, -0.2) is 27.9 Å². The van der Waals surface area contributed by atoms with Crippen LogP contribution in [0.15, 0.2) is 72.0 Å². The van der Waals surface area contributed by atoms with E-state index in [0.717, 1.165) is 24.0 Å². The van der Waals surface area contributed by atoms with Gasteiger partial charge >= 0.3 is 0 Å². The number of aromatic nitrogens is 2. The molecule has 1 aromatic carbocycles. The standard InChI is InChI=1S/C28H32N4O3/c1-2-30-27(34)23-18-32(17-20-9-5-3-6-10-20)19-24(26(23)33)28(35)31-25(21-11-7-4-8-12-21)22-13-15-29-16-14-22/h4,7-8,11-16,18-20,25H,2-3,5-6,9-10,17H2,1H3,(H,30,34)(H,31,35). The molecule has 2 amide bonds. The molecule has 2 N–H and O–H groups in total. The summed E-state index contributed by atoms with van der Waals surface area (Å²) in [5, 5.41) is 5.73. The Labute approximate surface area is 205 Å². The molecule has 1 unspecified atom stereocenters. The van der Waals surface area contributed by atoms with Gasteiger partial charge in [-0.25, -0.2) is 0 Å². The highest BCUT2D eigenvalue weighted by Crippen LogP contribution is 2.25. The van der Waals surface area contributed by atoms with Gasteiger partial charge in [-0.3, -0.25) is 19.4 Å². The monoisotopic (exact) mass is 472 g/mol. The molecular formula is C28H32N4O3. The molecule has 3 aromatic rings. The quantitative estimate of drug-likeness (QED) is 0.516. The Morgan fingerprint density at radius 3 is 2.23 bits per heavy atom. The van der Waals surface area contributed by atoms with Crippen molar-refractivity contribution < 1.29 is 9.59 Å². The number of nitrogens with zero attached hydrogens (tertiary/aromatic N) is 2. The number of nitrogens with one attached hydrogen (secondary N) is 2. The number of hydrogen-bond donors (Lipinski definition) is 2. The van der Waals surface area contributed by atoms with Gasteiger partial charge in [-0.2, -0.15) is 0 Å². The first-order chi connectivity index (χ1) is 17.1. The zero-order valence-electron chi connectivity index (χ0n) is 20.1. The summed E-state index contributed by atoms with van der Waals surface area (Å²) in [6.45, 7) is 2.88. The topological polar surface area (TPSA) is 93.1 Å². The summed E-state index contributed by atoms with van der Waals surface area (Å²) in [7, 11) is 0. The average molecular weight is 473 g/mol. The third kappa shape index (κ3) is 6.04. The molecule has 0 radical (unpaired) electrons. The van der Waals surface area contributed by atoms with Crippen LogP contribution in [0, 0.1) is 5.92 Å². The Hall–Kier alpha value is -3.74.